The van der Waals surface area contributed by atoms with E-state index in [1.54, 1.807) is 6.33 Å². The molecule has 1 aliphatic heterocycles. The van der Waals surface area contributed by atoms with Gasteiger partial charge >= 0.3 is 0 Å². The molecule has 2 aromatic rings. The molecule has 158 valence electrons. The minimum absolute atomic E-state index is 0.00572. The van der Waals surface area contributed by atoms with Gasteiger partial charge in [-0.05, 0) is 31.5 Å². The van der Waals surface area contributed by atoms with Crippen LogP contribution in [0.5, 0.6) is 0 Å². The van der Waals surface area contributed by atoms with Crippen LogP contribution in [-0.4, -0.2) is 68.9 Å². The number of thioether (sulfide) groups is 1. The SMILES string of the molecule is CCN1CCN(Cc2ccc(CNC(=O)CSc3nncn3C(C)C)cc2)CC1. The van der Waals surface area contributed by atoms with E-state index in [1.165, 1.54) is 17.3 Å². The number of piperazine rings is 1. The summed E-state index contributed by atoms with van der Waals surface area (Å²) < 4.78 is 1.97. The van der Waals surface area contributed by atoms with Crippen LogP contribution >= 0.6 is 11.8 Å². The molecule has 1 N–H and O–H groups in total. The number of nitrogens with zero attached hydrogens (tertiary/aromatic N) is 5. The van der Waals surface area contributed by atoms with Crippen LogP contribution in [0.1, 0.15) is 37.9 Å². The van der Waals surface area contributed by atoms with Gasteiger partial charge in [-0.1, -0.05) is 43.0 Å². The molecular weight excluding hydrogens is 384 g/mol. The Kier molecular flexibility index (Phi) is 8.09. The third-order valence-corrected chi connectivity index (χ3v) is 6.22. The molecule has 1 aromatic carbocycles. The summed E-state index contributed by atoms with van der Waals surface area (Å²) in [6.07, 6.45) is 1.70. The van der Waals surface area contributed by atoms with Gasteiger partial charge in [0, 0.05) is 45.3 Å². The molecule has 0 bridgehead atoms. The average Bonchev–Trinajstić information content (AvgIpc) is 3.21. The molecular formula is C21H32N6OS. The Morgan fingerprint density at radius 1 is 1.10 bits per heavy atom. The number of nitrogens with one attached hydrogen (secondary N) is 1. The van der Waals surface area contributed by atoms with Gasteiger partial charge in [0.05, 0.1) is 5.75 Å². The summed E-state index contributed by atoms with van der Waals surface area (Å²) in [5.74, 6) is 0.346. The first-order valence-electron chi connectivity index (χ1n) is 10.4. The molecule has 0 radical (unpaired) electrons. The average molecular weight is 417 g/mol. The molecule has 1 saturated heterocycles. The fourth-order valence-electron chi connectivity index (χ4n) is 3.36. The van der Waals surface area contributed by atoms with Gasteiger partial charge in [0.2, 0.25) is 5.91 Å². The normalized spacial score (nSPS) is 15.7. The number of hydrogen-bond acceptors (Lipinski definition) is 6. The monoisotopic (exact) mass is 416 g/mol. The maximum absolute atomic E-state index is 12.2. The van der Waals surface area contributed by atoms with Crippen LogP contribution in [0.25, 0.3) is 0 Å². The number of rotatable bonds is 9. The molecule has 1 aromatic heterocycles. The molecule has 0 saturated carbocycles. The summed E-state index contributed by atoms with van der Waals surface area (Å²) in [5.41, 5.74) is 2.45. The fourth-order valence-corrected chi connectivity index (χ4v) is 4.23. The van der Waals surface area contributed by atoms with Crippen molar-refractivity contribution >= 4 is 17.7 Å². The van der Waals surface area contributed by atoms with Crippen molar-refractivity contribution in [3.8, 4) is 0 Å². The van der Waals surface area contributed by atoms with Crippen molar-refractivity contribution < 1.29 is 4.79 Å². The van der Waals surface area contributed by atoms with E-state index in [4.69, 9.17) is 0 Å². The maximum Gasteiger partial charge on any atom is 0.230 e. The Morgan fingerprint density at radius 3 is 2.41 bits per heavy atom. The molecule has 1 aliphatic rings. The number of aromatic nitrogens is 3. The number of benzene rings is 1. The highest BCUT2D eigenvalue weighted by atomic mass is 32.2. The van der Waals surface area contributed by atoms with Crippen LogP contribution in [-0.2, 0) is 17.9 Å². The van der Waals surface area contributed by atoms with E-state index in [0.29, 0.717) is 12.3 Å². The Balaban J connectivity index is 1.39. The molecule has 3 rings (SSSR count). The third-order valence-electron chi connectivity index (χ3n) is 5.26. The van der Waals surface area contributed by atoms with E-state index in [0.717, 1.165) is 50.0 Å². The quantitative estimate of drug-likeness (QED) is 0.633. The van der Waals surface area contributed by atoms with Gasteiger partial charge in [-0.3, -0.25) is 9.69 Å². The first-order valence-corrected chi connectivity index (χ1v) is 11.3. The first kappa shape index (κ1) is 21.8. The summed E-state index contributed by atoms with van der Waals surface area (Å²) in [4.78, 5) is 17.2. The second kappa shape index (κ2) is 10.8. The highest BCUT2D eigenvalue weighted by Gasteiger charge is 2.15. The second-order valence-electron chi connectivity index (χ2n) is 7.71. The smallest absolute Gasteiger partial charge is 0.230 e. The lowest BCUT2D eigenvalue weighted by molar-refractivity contribution is -0.118. The van der Waals surface area contributed by atoms with Crippen molar-refractivity contribution in [3.63, 3.8) is 0 Å². The van der Waals surface area contributed by atoms with E-state index < -0.39 is 0 Å². The summed E-state index contributed by atoms with van der Waals surface area (Å²) in [6.45, 7) is 13.6. The molecule has 7 nitrogen and oxygen atoms in total. The van der Waals surface area contributed by atoms with Crippen molar-refractivity contribution in [2.75, 3.05) is 38.5 Å². The maximum atomic E-state index is 12.2. The van der Waals surface area contributed by atoms with E-state index in [2.05, 4.69) is 70.4 Å². The Morgan fingerprint density at radius 2 is 1.76 bits per heavy atom. The topological polar surface area (TPSA) is 66.3 Å². The van der Waals surface area contributed by atoms with E-state index in [1.807, 2.05) is 4.57 Å². The molecule has 0 aliphatic carbocycles. The summed E-state index contributed by atoms with van der Waals surface area (Å²) in [5, 5.41) is 11.8. The van der Waals surface area contributed by atoms with Crippen molar-refractivity contribution in [2.45, 2.75) is 45.1 Å². The molecule has 0 unspecified atom stereocenters. The minimum atomic E-state index is 0.00572. The summed E-state index contributed by atoms with van der Waals surface area (Å²) >= 11 is 1.42. The van der Waals surface area contributed by atoms with Gasteiger partial charge in [-0.25, -0.2) is 0 Å². The number of likely N-dealkylation sites (N-methyl/N-ethyl adjacent to an activating group) is 1. The standard InChI is InChI=1S/C21H32N6OS/c1-4-25-9-11-26(12-10-25)14-19-7-5-18(6-8-19)13-22-20(28)15-29-21-24-23-16-27(21)17(2)3/h5-8,16-17H,4,9-15H2,1-3H3,(H,22,28). The van der Waals surface area contributed by atoms with Crippen LogP contribution in [0.15, 0.2) is 35.7 Å². The van der Waals surface area contributed by atoms with Gasteiger partial charge in [0.1, 0.15) is 6.33 Å². The Bertz CT molecular complexity index is 768. The van der Waals surface area contributed by atoms with Crippen molar-refractivity contribution in [3.05, 3.63) is 41.7 Å². The first-order chi connectivity index (χ1) is 14.0. The lowest BCUT2D eigenvalue weighted by Crippen LogP contribution is -2.45. The molecule has 8 heteroatoms. The zero-order valence-electron chi connectivity index (χ0n) is 17.7. The van der Waals surface area contributed by atoms with Crippen molar-refractivity contribution in [1.29, 1.82) is 0 Å². The van der Waals surface area contributed by atoms with Gasteiger partial charge in [0.25, 0.3) is 0 Å². The van der Waals surface area contributed by atoms with Crippen molar-refractivity contribution in [2.24, 2.45) is 0 Å². The number of hydrogen-bond donors (Lipinski definition) is 1. The van der Waals surface area contributed by atoms with Gasteiger partial charge in [0.15, 0.2) is 5.16 Å². The predicted octanol–water partition coefficient (Wildman–Crippen LogP) is 2.40. The molecule has 1 amide bonds. The zero-order chi connectivity index (χ0) is 20.6. The highest BCUT2D eigenvalue weighted by Crippen LogP contribution is 2.18. The van der Waals surface area contributed by atoms with Crippen LogP contribution in [0.2, 0.25) is 0 Å². The highest BCUT2D eigenvalue weighted by molar-refractivity contribution is 7.99. The van der Waals surface area contributed by atoms with Gasteiger partial charge < -0.3 is 14.8 Å². The Hall–Kier alpha value is -1.90. The molecule has 1 fully saturated rings. The van der Waals surface area contributed by atoms with E-state index >= 15 is 0 Å². The third kappa shape index (κ3) is 6.55. The molecule has 29 heavy (non-hydrogen) atoms. The lowest BCUT2D eigenvalue weighted by atomic mass is 10.1. The number of carbonyl (C=O) groups excluding carboxylic acids is 1. The van der Waals surface area contributed by atoms with Gasteiger partial charge in [-0.2, -0.15) is 0 Å². The van der Waals surface area contributed by atoms with Crippen LogP contribution in [0.3, 0.4) is 0 Å². The Labute approximate surface area is 177 Å². The molecule has 0 spiro atoms. The largest absolute Gasteiger partial charge is 0.351 e. The number of carbonyl (C=O) groups is 1. The summed E-state index contributed by atoms with van der Waals surface area (Å²) in [7, 11) is 0. The van der Waals surface area contributed by atoms with Crippen LogP contribution in [0, 0.1) is 0 Å². The van der Waals surface area contributed by atoms with E-state index in [9.17, 15) is 4.79 Å². The van der Waals surface area contributed by atoms with Crippen LogP contribution < -0.4 is 5.32 Å². The molecule has 0 atom stereocenters. The van der Waals surface area contributed by atoms with Crippen molar-refractivity contribution in [1.82, 2.24) is 29.9 Å². The van der Waals surface area contributed by atoms with Crippen LogP contribution in [0.4, 0.5) is 0 Å². The fraction of sp³-hybridized carbons (Fsp3) is 0.571. The number of amides is 1. The second-order valence-corrected chi connectivity index (χ2v) is 8.65. The van der Waals surface area contributed by atoms with Gasteiger partial charge in [-0.15, -0.1) is 10.2 Å². The predicted molar refractivity (Wildman–Crippen MR) is 117 cm³/mol. The zero-order valence-corrected chi connectivity index (χ0v) is 18.5. The minimum Gasteiger partial charge on any atom is -0.351 e. The van der Waals surface area contributed by atoms with E-state index in [-0.39, 0.29) is 11.9 Å². The lowest BCUT2D eigenvalue weighted by Gasteiger charge is -2.34. The summed E-state index contributed by atoms with van der Waals surface area (Å²) in [6, 6.07) is 8.85. The molecule has 2 heterocycles.